The Labute approximate surface area is 219 Å². The van der Waals surface area contributed by atoms with Gasteiger partial charge in [0.2, 0.25) is 17.7 Å². The predicted octanol–water partition coefficient (Wildman–Crippen LogP) is 0.304. The van der Waals surface area contributed by atoms with Crippen LogP contribution in [0.5, 0.6) is 0 Å². The Morgan fingerprint density at radius 2 is 1.87 bits per heavy atom. The van der Waals surface area contributed by atoms with Crippen LogP contribution in [0.25, 0.3) is 0 Å². The van der Waals surface area contributed by atoms with Gasteiger partial charge in [0.05, 0.1) is 6.04 Å². The predicted molar refractivity (Wildman–Crippen MR) is 128 cm³/mol. The number of ether oxygens (including phenoxy) is 1. The molecule has 11 nitrogen and oxygen atoms in total. The lowest BCUT2D eigenvalue weighted by Crippen LogP contribution is -2.59. The molecular formula is C23H35F3N4O7S. The van der Waals surface area contributed by atoms with Gasteiger partial charge >= 0.3 is 15.5 Å². The maximum atomic E-state index is 13.6. The molecule has 0 aromatic carbocycles. The summed E-state index contributed by atoms with van der Waals surface area (Å²) in [6.07, 6.45) is 2.61. The van der Waals surface area contributed by atoms with Crippen LogP contribution in [-0.2, 0) is 33.9 Å². The number of Topliss-reactive ketones (excluding diaryl/α,β-unsaturated/α-hetero) is 1. The highest BCUT2D eigenvalue weighted by Crippen LogP contribution is 2.43. The number of nitrogens with one attached hydrogen (secondary N) is 3. The molecule has 0 spiro atoms. The van der Waals surface area contributed by atoms with Crippen molar-refractivity contribution in [3.05, 3.63) is 0 Å². The Morgan fingerprint density at radius 3 is 2.42 bits per heavy atom. The van der Waals surface area contributed by atoms with Crippen molar-refractivity contribution in [2.45, 2.75) is 69.6 Å². The van der Waals surface area contributed by atoms with Crippen LogP contribution in [0.3, 0.4) is 0 Å². The Hall–Kier alpha value is -2.26. The van der Waals surface area contributed by atoms with Crippen LogP contribution in [0, 0.1) is 23.7 Å². The minimum Gasteiger partial charge on any atom is -0.377 e. The zero-order valence-corrected chi connectivity index (χ0v) is 22.4. The van der Waals surface area contributed by atoms with E-state index < -0.39 is 63.1 Å². The fourth-order valence-corrected chi connectivity index (χ4v) is 6.52. The summed E-state index contributed by atoms with van der Waals surface area (Å²) in [6.45, 7) is 3.02. The molecule has 2 aliphatic heterocycles. The van der Waals surface area contributed by atoms with Crippen LogP contribution in [0.4, 0.5) is 13.2 Å². The third-order valence-electron chi connectivity index (χ3n) is 7.64. The van der Waals surface area contributed by atoms with E-state index in [-0.39, 0.29) is 37.3 Å². The van der Waals surface area contributed by atoms with Crippen LogP contribution in [-0.4, -0.2) is 87.3 Å². The third-order valence-corrected chi connectivity index (χ3v) is 8.81. The molecule has 216 valence electrons. The zero-order valence-electron chi connectivity index (χ0n) is 21.5. The van der Waals surface area contributed by atoms with Crippen LogP contribution >= 0.6 is 0 Å². The molecule has 0 radical (unpaired) electrons. The number of alkyl halides is 3. The number of hydrogen-bond donors (Lipinski definition) is 3. The molecule has 1 saturated carbocycles. The van der Waals surface area contributed by atoms with Crippen LogP contribution in [0.15, 0.2) is 0 Å². The van der Waals surface area contributed by atoms with Crippen molar-refractivity contribution >= 4 is 33.5 Å². The summed E-state index contributed by atoms with van der Waals surface area (Å²) in [6, 6.07) is -3.91. The zero-order chi connectivity index (χ0) is 28.4. The molecule has 6 atom stereocenters. The van der Waals surface area contributed by atoms with Crippen molar-refractivity contribution in [3.63, 3.8) is 0 Å². The first-order valence-electron chi connectivity index (χ1n) is 12.7. The molecule has 3 fully saturated rings. The Bertz CT molecular complexity index is 1040. The van der Waals surface area contributed by atoms with E-state index in [9.17, 15) is 40.8 Å². The minimum atomic E-state index is -5.82. The summed E-state index contributed by atoms with van der Waals surface area (Å²) in [5.41, 5.74) is -5.61. The largest absolute Gasteiger partial charge is 0.511 e. The molecule has 3 rings (SSSR count). The van der Waals surface area contributed by atoms with E-state index in [0.717, 1.165) is 11.3 Å². The van der Waals surface area contributed by atoms with E-state index in [1.807, 2.05) is 0 Å². The van der Waals surface area contributed by atoms with Gasteiger partial charge in [-0.2, -0.15) is 17.9 Å². The van der Waals surface area contributed by atoms with Gasteiger partial charge in [-0.3, -0.25) is 19.2 Å². The molecule has 3 N–H and O–H groups in total. The van der Waals surface area contributed by atoms with E-state index >= 15 is 0 Å². The molecule has 2 heterocycles. The van der Waals surface area contributed by atoms with Gasteiger partial charge in [0.25, 0.3) is 0 Å². The van der Waals surface area contributed by atoms with Crippen molar-refractivity contribution in [2.75, 3.05) is 26.8 Å². The topological polar surface area (TPSA) is 151 Å². The molecule has 0 aromatic rings. The number of carbonyl (C=O) groups excluding carboxylic acids is 4. The van der Waals surface area contributed by atoms with Crippen molar-refractivity contribution in [2.24, 2.45) is 23.7 Å². The average Bonchev–Trinajstić information content (AvgIpc) is 3.52. The normalized spacial score (nSPS) is 27.2. The Kier molecular flexibility index (Phi) is 9.45. The van der Waals surface area contributed by atoms with Gasteiger partial charge in [-0.05, 0) is 43.4 Å². The first kappa shape index (κ1) is 30.3. The molecule has 0 bridgehead atoms. The van der Waals surface area contributed by atoms with E-state index in [1.54, 1.807) is 0 Å². The van der Waals surface area contributed by atoms with Gasteiger partial charge in [-0.1, -0.05) is 20.3 Å². The van der Waals surface area contributed by atoms with Crippen molar-refractivity contribution in [1.29, 1.82) is 0 Å². The number of methoxy groups -OCH3 is 1. The summed E-state index contributed by atoms with van der Waals surface area (Å²) >= 11 is 0. The number of nitrogens with zero attached hydrogens (tertiary/aromatic N) is 1. The fraction of sp³-hybridized carbons (Fsp3) is 0.826. The van der Waals surface area contributed by atoms with Gasteiger partial charge < -0.3 is 20.3 Å². The maximum Gasteiger partial charge on any atom is 0.511 e. The minimum absolute atomic E-state index is 0.0362. The van der Waals surface area contributed by atoms with Gasteiger partial charge in [0.1, 0.15) is 18.7 Å². The summed E-state index contributed by atoms with van der Waals surface area (Å²) in [5, 5.41) is 5.34. The lowest BCUT2D eigenvalue weighted by molar-refractivity contribution is -0.142. The Balaban J connectivity index is 1.85. The summed E-state index contributed by atoms with van der Waals surface area (Å²) in [5.74, 6) is -4.02. The maximum absolute atomic E-state index is 13.6. The highest BCUT2D eigenvalue weighted by Gasteiger charge is 2.53. The number of sulfonamides is 1. The molecule has 3 amide bonds. The number of carbonyl (C=O) groups is 4. The van der Waals surface area contributed by atoms with Gasteiger partial charge in [0, 0.05) is 26.1 Å². The third kappa shape index (κ3) is 6.47. The molecule has 3 aliphatic rings. The molecule has 1 aliphatic carbocycles. The second kappa shape index (κ2) is 11.9. The fourth-order valence-electron chi connectivity index (χ4n) is 5.68. The number of ketones is 1. The number of amides is 3. The molecule has 38 heavy (non-hydrogen) atoms. The average molecular weight is 569 g/mol. The quantitative estimate of drug-likeness (QED) is 0.324. The molecule has 2 saturated heterocycles. The smallest absolute Gasteiger partial charge is 0.377 e. The van der Waals surface area contributed by atoms with Crippen molar-refractivity contribution < 1.29 is 45.5 Å². The Morgan fingerprint density at radius 1 is 1.18 bits per heavy atom. The van der Waals surface area contributed by atoms with E-state index in [1.165, 1.54) is 25.7 Å². The first-order chi connectivity index (χ1) is 17.7. The van der Waals surface area contributed by atoms with Gasteiger partial charge in [-0.15, -0.1) is 0 Å². The van der Waals surface area contributed by atoms with Crippen molar-refractivity contribution in [3.8, 4) is 0 Å². The first-order valence-corrected chi connectivity index (χ1v) is 14.1. The van der Waals surface area contributed by atoms with Crippen LogP contribution < -0.4 is 15.4 Å². The standard InChI is InChI=1S/C23H35F3N4O7S/c1-12(2)18(29-38(35,36)23(24,25)26)22(34)30-10-14-5-4-6-15(14)19(30)21(33)28-16(17(31)11-37-3)9-13-7-8-27-20(13)32/h12-16,18-19,29H,4-11H2,1-3H3,(H,27,32)(H,28,33)/t13-,14-,15-,16-,18-,19?/m0/s1. The molecule has 15 heteroatoms. The molecular weight excluding hydrogens is 533 g/mol. The number of hydrogen-bond acceptors (Lipinski definition) is 7. The van der Waals surface area contributed by atoms with E-state index in [0.29, 0.717) is 25.8 Å². The SMILES string of the molecule is COCC(=O)[C@H](C[C@@H]1CCNC1=O)NC(=O)C1[C@H]2CCC[C@H]2CN1C(=O)[C@@H](NS(=O)(=O)C(F)(F)F)C(C)C. The summed E-state index contributed by atoms with van der Waals surface area (Å²) in [7, 11) is -4.51. The van der Waals surface area contributed by atoms with Gasteiger partial charge in [-0.25, -0.2) is 8.42 Å². The number of halogens is 3. The highest BCUT2D eigenvalue weighted by molar-refractivity contribution is 7.90. The number of likely N-dealkylation sites (tertiary alicyclic amines) is 1. The van der Waals surface area contributed by atoms with E-state index in [2.05, 4.69) is 10.6 Å². The molecule has 0 aromatic heterocycles. The monoisotopic (exact) mass is 568 g/mol. The van der Waals surface area contributed by atoms with E-state index in [4.69, 9.17) is 4.74 Å². The lowest BCUT2D eigenvalue weighted by Gasteiger charge is -2.33. The van der Waals surface area contributed by atoms with Crippen molar-refractivity contribution in [1.82, 2.24) is 20.3 Å². The lowest BCUT2D eigenvalue weighted by atomic mass is 9.91. The summed E-state index contributed by atoms with van der Waals surface area (Å²) < 4.78 is 69.2. The van der Waals surface area contributed by atoms with Crippen LogP contribution in [0.1, 0.15) is 46.0 Å². The second-order valence-electron chi connectivity index (χ2n) is 10.6. The number of rotatable bonds is 11. The highest BCUT2D eigenvalue weighted by atomic mass is 32.2. The number of fused-ring (bicyclic) bond motifs is 1. The summed E-state index contributed by atoms with van der Waals surface area (Å²) in [4.78, 5) is 53.1. The molecule has 1 unspecified atom stereocenters. The van der Waals surface area contributed by atoms with Crippen LogP contribution in [0.2, 0.25) is 0 Å². The second-order valence-corrected chi connectivity index (χ2v) is 12.3. The van der Waals surface area contributed by atoms with Gasteiger partial charge in [0.15, 0.2) is 5.78 Å².